The molecule has 0 saturated heterocycles. The van der Waals surface area contributed by atoms with Gasteiger partial charge in [0.05, 0.1) is 24.2 Å². The summed E-state index contributed by atoms with van der Waals surface area (Å²) < 4.78 is 32.3. The summed E-state index contributed by atoms with van der Waals surface area (Å²) >= 11 is 0. The molecule has 0 atom stereocenters. The largest absolute Gasteiger partial charge is 0.497 e. The Hall–Kier alpha value is -3.17. The van der Waals surface area contributed by atoms with Crippen molar-refractivity contribution in [2.75, 3.05) is 14.2 Å². The number of nitrogens with zero attached hydrogens (tertiary/aromatic N) is 2. The molecule has 0 amide bonds. The number of carboxylic acid groups (broad SMARTS) is 1. The summed E-state index contributed by atoms with van der Waals surface area (Å²) in [5.41, 5.74) is 2.49. The molecule has 9 heteroatoms. The molecule has 1 aromatic heterocycles. The van der Waals surface area contributed by atoms with Crippen molar-refractivity contribution in [2.24, 2.45) is 0 Å². The van der Waals surface area contributed by atoms with Crippen molar-refractivity contribution >= 4 is 16.0 Å². The van der Waals surface area contributed by atoms with E-state index in [1.807, 2.05) is 12.1 Å². The van der Waals surface area contributed by atoms with E-state index in [0.29, 0.717) is 22.7 Å². The van der Waals surface area contributed by atoms with Crippen LogP contribution in [0.5, 0.6) is 5.75 Å². The molecule has 2 N–H and O–H groups in total. The average Bonchev–Trinajstić information content (AvgIpc) is 3.14. The first-order valence-corrected chi connectivity index (χ1v) is 9.96. The van der Waals surface area contributed by atoms with Gasteiger partial charge in [0.2, 0.25) is 10.0 Å². The Morgan fingerprint density at radius 3 is 2.32 bits per heavy atom. The van der Waals surface area contributed by atoms with Gasteiger partial charge in [0.1, 0.15) is 5.75 Å². The lowest BCUT2D eigenvalue weighted by atomic mass is 10.1. The Balaban J connectivity index is 2.01. The predicted octanol–water partition coefficient (Wildman–Crippen LogP) is 2.30. The number of aromatic nitrogens is 2. The molecule has 0 spiro atoms. The van der Waals surface area contributed by atoms with Gasteiger partial charge in [-0.2, -0.15) is 5.10 Å². The van der Waals surface area contributed by atoms with Gasteiger partial charge in [-0.15, -0.1) is 0 Å². The zero-order valence-corrected chi connectivity index (χ0v) is 16.1. The molecule has 146 valence electrons. The van der Waals surface area contributed by atoms with Crippen LogP contribution >= 0.6 is 0 Å². The normalized spacial score (nSPS) is 11.4. The molecular formula is C19H19N3O5S. The number of methoxy groups -OCH3 is 1. The van der Waals surface area contributed by atoms with Crippen molar-refractivity contribution in [1.82, 2.24) is 14.5 Å². The Bertz CT molecular complexity index is 1090. The number of aromatic carboxylic acids is 1. The van der Waals surface area contributed by atoms with Gasteiger partial charge < -0.3 is 9.84 Å². The first-order valence-electron chi connectivity index (χ1n) is 8.31. The third kappa shape index (κ3) is 4.21. The molecule has 28 heavy (non-hydrogen) atoms. The lowest BCUT2D eigenvalue weighted by Gasteiger charge is -2.09. The topological polar surface area (TPSA) is 111 Å². The highest BCUT2D eigenvalue weighted by Gasteiger charge is 2.16. The van der Waals surface area contributed by atoms with Gasteiger partial charge in [0.25, 0.3) is 0 Å². The van der Waals surface area contributed by atoms with Gasteiger partial charge in [-0.1, -0.05) is 12.1 Å². The van der Waals surface area contributed by atoms with Crippen LogP contribution in [-0.4, -0.2) is 43.4 Å². The Labute approximate surface area is 162 Å². The van der Waals surface area contributed by atoms with E-state index < -0.39 is 16.0 Å². The SMILES string of the molecule is CNS(=O)(=O)Cc1ccc(-n2nc(C(=O)O)cc2-c2ccc(OC)cc2)cc1. The van der Waals surface area contributed by atoms with Gasteiger partial charge in [-0.25, -0.2) is 22.6 Å². The molecule has 0 fully saturated rings. The van der Waals surface area contributed by atoms with Crippen molar-refractivity contribution in [3.63, 3.8) is 0 Å². The number of carboxylic acids is 1. The fraction of sp³-hybridized carbons (Fsp3) is 0.158. The van der Waals surface area contributed by atoms with Crippen LogP contribution in [0.2, 0.25) is 0 Å². The van der Waals surface area contributed by atoms with E-state index in [9.17, 15) is 18.3 Å². The maximum absolute atomic E-state index is 11.7. The van der Waals surface area contributed by atoms with Crippen LogP contribution in [0.1, 0.15) is 16.1 Å². The van der Waals surface area contributed by atoms with E-state index in [4.69, 9.17) is 4.74 Å². The van der Waals surface area contributed by atoms with Crippen molar-refractivity contribution in [3.05, 3.63) is 65.9 Å². The van der Waals surface area contributed by atoms with Gasteiger partial charge in [0.15, 0.2) is 5.69 Å². The standard InChI is InChI=1S/C19H19N3O5S/c1-20-28(25,26)12-13-3-7-15(8-4-13)22-18(11-17(21-22)19(23)24)14-5-9-16(27-2)10-6-14/h3-11,20H,12H2,1-2H3,(H,23,24). The van der Waals surface area contributed by atoms with Crippen LogP contribution in [0.15, 0.2) is 54.6 Å². The van der Waals surface area contributed by atoms with Crippen LogP contribution in [0.4, 0.5) is 0 Å². The molecular weight excluding hydrogens is 382 g/mol. The second-order valence-electron chi connectivity index (χ2n) is 5.99. The lowest BCUT2D eigenvalue weighted by Crippen LogP contribution is -2.20. The third-order valence-corrected chi connectivity index (χ3v) is 5.50. The number of rotatable bonds is 7. The van der Waals surface area contributed by atoms with Gasteiger partial charge >= 0.3 is 5.97 Å². The third-order valence-electron chi connectivity index (χ3n) is 4.16. The first-order chi connectivity index (χ1) is 13.3. The number of hydrogen-bond acceptors (Lipinski definition) is 5. The second kappa shape index (κ2) is 7.83. The number of nitrogens with one attached hydrogen (secondary N) is 1. The van der Waals surface area contributed by atoms with E-state index in [-0.39, 0.29) is 11.4 Å². The molecule has 0 aliphatic heterocycles. The number of hydrogen-bond donors (Lipinski definition) is 2. The summed E-state index contributed by atoms with van der Waals surface area (Å²) in [6, 6.07) is 15.4. The Kier molecular flexibility index (Phi) is 5.48. The Morgan fingerprint density at radius 2 is 1.79 bits per heavy atom. The van der Waals surface area contributed by atoms with Crippen LogP contribution in [0.25, 0.3) is 16.9 Å². The second-order valence-corrected chi connectivity index (χ2v) is 7.92. The molecule has 8 nitrogen and oxygen atoms in total. The van der Waals surface area contributed by atoms with Crippen LogP contribution < -0.4 is 9.46 Å². The highest BCUT2D eigenvalue weighted by atomic mass is 32.2. The molecule has 0 unspecified atom stereocenters. The number of carbonyl (C=O) groups is 1. The minimum atomic E-state index is -3.38. The van der Waals surface area contributed by atoms with E-state index in [2.05, 4.69) is 9.82 Å². The molecule has 2 aromatic carbocycles. The molecule has 0 aliphatic rings. The summed E-state index contributed by atoms with van der Waals surface area (Å²) in [4.78, 5) is 11.4. The molecule has 3 rings (SSSR count). The van der Waals surface area contributed by atoms with E-state index in [1.54, 1.807) is 43.5 Å². The minimum absolute atomic E-state index is 0.0901. The fourth-order valence-corrected chi connectivity index (χ4v) is 3.45. The number of sulfonamides is 1. The van der Waals surface area contributed by atoms with E-state index in [0.717, 1.165) is 5.56 Å². The average molecular weight is 401 g/mol. The van der Waals surface area contributed by atoms with Crippen LogP contribution in [-0.2, 0) is 15.8 Å². The van der Waals surface area contributed by atoms with Gasteiger partial charge in [-0.05, 0) is 55.1 Å². The maximum Gasteiger partial charge on any atom is 0.356 e. The highest BCUT2D eigenvalue weighted by Crippen LogP contribution is 2.26. The zero-order valence-electron chi connectivity index (χ0n) is 15.3. The van der Waals surface area contributed by atoms with Crippen molar-refractivity contribution in [2.45, 2.75) is 5.75 Å². The summed E-state index contributed by atoms with van der Waals surface area (Å²) in [7, 11) is -0.447. The molecule has 0 aliphatic carbocycles. The summed E-state index contributed by atoms with van der Waals surface area (Å²) in [6.07, 6.45) is 0. The van der Waals surface area contributed by atoms with Crippen molar-refractivity contribution in [1.29, 1.82) is 0 Å². The fourth-order valence-electron chi connectivity index (χ4n) is 2.67. The maximum atomic E-state index is 11.7. The number of ether oxygens (including phenoxy) is 1. The van der Waals surface area contributed by atoms with Gasteiger partial charge in [0, 0.05) is 5.56 Å². The van der Waals surface area contributed by atoms with Crippen LogP contribution in [0.3, 0.4) is 0 Å². The Morgan fingerprint density at radius 1 is 1.14 bits per heavy atom. The summed E-state index contributed by atoms with van der Waals surface area (Å²) in [5, 5.41) is 13.5. The minimum Gasteiger partial charge on any atom is -0.497 e. The molecule has 0 radical (unpaired) electrons. The zero-order chi connectivity index (χ0) is 20.3. The molecule has 0 saturated carbocycles. The van der Waals surface area contributed by atoms with E-state index in [1.165, 1.54) is 17.8 Å². The highest BCUT2D eigenvalue weighted by molar-refractivity contribution is 7.88. The lowest BCUT2D eigenvalue weighted by molar-refractivity contribution is 0.0690. The smallest absolute Gasteiger partial charge is 0.356 e. The summed E-state index contributed by atoms with van der Waals surface area (Å²) in [5.74, 6) is -0.595. The summed E-state index contributed by atoms with van der Waals surface area (Å²) in [6.45, 7) is 0. The monoisotopic (exact) mass is 401 g/mol. The van der Waals surface area contributed by atoms with Crippen molar-refractivity contribution < 1.29 is 23.1 Å². The molecule has 1 heterocycles. The quantitative estimate of drug-likeness (QED) is 0.628. The molecule has 0 bridgehead atoms. The van der Waals surface area contributed by atoms with E-state index >= 15 is 0 Å². The van der Waals surface area contributed by atoms with Crippen molar-refractivity contribution in [3.8, 4) is 22.7 Å². The number of benzene rings is 2. The molecule has 3 aromatic rings. The van der Waals surface area contributed by atoms with Gasteiger partial charge in [-0.3, -0.25) is 0 Å². The predicted molar refractivity (Wildman–Crippen MR) is 104 cm³/mol. The van der Waals surface area contributed by atoms with Crippen LogP contribution in [0, 0.1) is 0 Å². The first kappa shape index (κ1) is 19.6.